The van der Waals surface area contributed by atoms with Crippen molar-refractivity contribution in [2.75, 3.05) is 25.1 Å². The van der Waals surface area contributed by atoms with Crippen LogP contribution in [-0.2, 0) is 23.3 Å². The maximum absolute atomic E-state index is 10.8. The number of sulfone groups is 1. The predicted octanol–water partition coefficient (Wildman–Crippen LogP) is -1.01. The molecule has 0 aliphatic rings. The summed E-state index contributed by atoms with van der Waals surface area (Å²) in [6.45, 7) is 1.17. The Morgan fingerprint density at radius 3 is 2.73 bits per heavy atom. The lowest BCUT2D eigenvalue weighted by Crippen LogP contribution is -2.24. The van der Waals surface area contributed by atoms with E-state index in [4.69, 9.17) is 0 Å². The van der Waals surface area contributed by atoms with E-state index in [1.54, 1.807) is 11.0 Å². The molecular formula is C8H16N4O2S. The van der Waals surface area contributed by atoms with Gasteiger partial charge in [0.1, 0.15) is 16.2 Å². The van der Waals surface area contributed by atoms with Crippen LogP contribution in [0.1, 0.15) is 5.82 Å². The van der Waals surface area contributed by atoms with Crippen LogP contribution in [0.25, 0.3) is 0 Å². The fraction of sp³-hybridized carbons (Fsp3) is 0.750. The minimum Gasteiger partial charge on any atom is -0.315 e. The van der Waals surface area contributed by atoms with Crippen molar-refractivity contribution in [3.05, 3.63) is 12.2 Å². The molecule has 0 atom stereocenters. The summed E-state index contributed by atoms with van der Waals surface area (Å²) in [6.07, 6.45) is 3.59. The Hall–Kier alpha value is -0.950. The van der Waals surface area contributed by atoms with Gasteiger partial charge < -0.3 is 5.32 Å². The van der Waals surface area contributed by atoms with Gasteiger partial charge in [-0.05, 0) is 0 Å². The van der Waals surface area contributed by atoms with Crippen LogP contribution in [0.2, 0.25) is 0 Å². The molecule has 1 heterocycles. The molecule has 1 aromatic rings. The minimum absolute atomic E-state index is 0.169. The van der Waals surface area contributed by atoms with E-state index >= 15 is 0 Å². The van der Waals surface area contributed by atoms with Crippen molar-refractivity contribution in [1.29, 1.82) is 0 Å². The van der Waals surface area contributed by atoms with Crippen LogP contribution < -0.4 is 5.32 Å². The van der Waals surface area contributed by atoms with E-state index in [-0.39, 0.29) is 5.75 Å². The molecule has 7 heteroatoms. The van der Waals surface area contributed by atoms with E-state index in [0.717, 1.165) is 5.82 Å². The Morgan fingerprint density at radius 1 is 1.47 bits per heavy atom. The van der Waals surface area contributed by atoms with E-state index in [1.807, 2.05) is 7.05 Å². The summed E-state index contributed by atoms with van der Waals surface area (Å²) in [4.78, 5) is 4.06. The second-order valence-electron chi connectivity index (χ2n) is 3.46. The quantitative estimate of drug-likeness (QED) is 0.636. The van der Waals surface area contributed by atoms with Crippen molar-refractivity contribution in [2.24, 2.45) is 7.05 Å². The van der Waals surface area contributed by atoms with Crippen molar-refractivity contribution in [1.82, 2.24) is 20.1 Å². The monoisotopic (exact) mass is 232 g/mol. The number of nitrogens with one attached hydrogen (secondary N) is 1. The van der Waals surface area contributed by atoms with Crippen LogP contribution in [-0.4, -0.2) is 48.3 Å². The average Bonchev–Trinajstić information content (AvgIpc) is 2.49. The van der Waals surface area contributed by atoms with Crippen LogP contribution in [0.4, 0.5) is 0 Å². The van der Waals surface area contributed by atoms with Gasteiger partial charge in [-0.15, -0.1) is 0 Å². The van der Waals surface area contributed by atoms with Gasteiger partial charge in [0.05, 0.1) is 5.75 Å². The van der Waals surface area contributed by atoms with Crippen LogP contribution in [0.3, 0.4) is 0 Å². The molecule has 1 aromatic heterocycles. The van der Waals surface area contributed by atoms with E-state index in [0.29, 0.717) is 19.5 Å². The van der Waals surface area contributed by atoms with E-state index < -0.39 is 9.84 Å². The normalized spacial score (nSPS) is 11.9. The molecule has 0 aromatic carbocycles. The summed E-state index contributed by atoms with van der Waals surface area (Å²) in [5, 5.41) is 7.14. The molecule has 1 N–H and O–H groups in total. The number of aromatic nitrogens is 3. The molecule has 0 amide bonds. The molecule has 0 spiro atoms. The maximum Gasteiger partial charge on any atom is 0.151 e. The molecule has 0 fully saturated rings. The molecule has 0 unspecified atom stereocenters. The lowest BCUT2D eigenvalue weighted by Gasteiger charge is -2.01. The van der Waals surface area contributed by atoms with Crippen molar-refractivity contribution >= 4 is 9.84 Å². The zero-order valence-corrected chi connectivity index (χ0v) is 9.79. The first kappa shape index (κ1) is 12.1. The first-order valence-electron chi connectivity index (χ1n) is 4.70. The third-order valence-electron chi connectivity index (χ3n) is 1.82. The van der Waals surface area contributed by atoms with Crippen LogP contribution in [0.5, 0.6) is 0 Å². The number of rotatable bonds is 6. The third kappa shape index (κ3) is 5.48. The van der Waals surface area contributed by atoms with Gasteiger partial charge in [0.25, 0.3) is 0 Å². The fourth-order valence-electron chi connectivity index (χ4n) is 1.08. The number of hydrogen-bond acceptors (Lipinski definition) is 5. The third-order valence-corrected chi connectivity index (χ3v) is 2.77. The summed E-state index contributed by atoms with van der Waals surface area (Å²) in [6, 6.07) is 0. The summed E-state index contributed by atoms with van der Waals surface area (Å²) < 4.78 is 23.2. The number of hydrogen-bond donors (Lipinski definition) is 1. The van der Waals surface area contributed by atoms with Crippen molar-refractivity contribution < 1.29 is 8.42 Å². The Morgan fingerprint density at radius 2 is 2.20 bits per heavy atom. The summed E-state index contributed by atoms with van der Waals surface area (Å²) in [7, 11) is -1.05. The molecule has 0 aliphatic carbocycles. The van der Waals surface area contributed by atoms with Crippen molar-refractivity contribution in [2.45, 2.75) is 6.42 Å². The number of nitrogens with zero attached hydrogens (tertiary/aromatic N) is 3. The molecule has 6 nitrogen and oxygen atoms in total. The zero-order chi connectivity index (χ0) is 11.3. The average molecular weight is 232 g/mol. The van der Waals surface area contributed by atoms with Gasteiger partial charge in [-0.3, -0.25) is 4.68 Å². The molecule has 0 bridgehead atoms. The Balaban J connectivity index is 2.12. The summed E-state index contributed by atoms with van der Waals surface area (Å²) in [5.74, 6) is 0.937. The fourth-order valence-corrected chi connectivity index (χ4v) is 1.60. The predicted molar refractivity (Wildman–Crippen MR) is 57.3 cm³/mol. The largest absolute Gasteiger partial charge is 0.315 e. The van der Waals surface area contributed by atoms with Gasteiger partial charge in [0.15, 0.2) is 5.82 Å². The molecule has 15 heavy (non-hydrogen) atoms. The van der Waals surface area contributed by atoms with E-state index in [9.17, 15) is 8.42 Å². The van der Waals surface area contributed by atoms with Gasteiger partial charge in [0, 0.05) is 32.8 Å². The van der Waals surface area contributed by atoms with Crippen molar-refractivity contribution in [3.63, 3.8) is 0 Å². The molecule has 0 saturated heterocycles. The number of aryl methyl sites for hydroxylation is 1. The molecule has 0 aliphatic heterocycles. The molecule has 1 rings (SSSR count). The first-order chi connectivity index (χ1) is 6.97. The van der Waals surface area contributed by atoms with E-state index in [1.165, 1.54) is 6.26 Å². The Bertz CT molecular complexity index is 399. The SMILES string of the molecule is Cn1cnc(CCNCCS(C)(=O)=O)n1. The highest BCUT2D eigenvalue weighted by Crippen LogP contribution is 1.88. The molecule has 0 saturated carbocycles. The van der Waals surface area contributed by atoms with Gasteiger partial charge in [0.2, 0.25) is 0 Å². The highest BCUT2D eigenvalue weighted by Gasteiger charge is 2.01. The molecule has 86 valence electrons. The van der Waals surface area contributed by atoms with Gasteiger partial charge >= 0.3 is 0 Å². The molecular weight excluding hydrogens is 216 g/mol. The summed E-state index contributed by atoms with van der Waals surface area (Å²) in [5.41, 5.74) is 0. The van der Waals surface area contributed by atoms with Crippen LogP contribution in [0.15, 0.2) is 6.33 Å². The lowest BCUT2D eigenvalue weighted by atomic mass is 10.4. The van der Waals surface area contributed by atoms with Crippen LogP contribution in [0, 0.1) is 0 Å². The Kier molecular flexibility index (Phi) is 4.22. The smallest absolute Gasteiger partial charge is 0.151 e. The maximum atomic E-state index is 10.8. The van der Waals surface area contributed by atoms with Gasteiger partial charge in [-0.2, -0.15) is 5.10 Å². The highest BCUT2D eigenvalue weighted by molar-refractivity contribution is 7.90. The molecule has 0 radical (unpaired) electrons. The standard InChI is InChI=1S/C8H16N4O2S/c1-12-7-10-8(11-12)3-4-9-5-6-15(2,13)14/h7,9H,3-6H2,1-2H3. The Labute approximate surface area is 89.6 Å². The minimum atomic E-state index is -2.86. The second kappa shape index (κ2) is 5.22. The highest BCUT2D eigenvalue weighted by atomic mass is 32.2. The second-order valence-corrected chi connectivity index (χ2v) is 5.72. The first-order valence-corrected chi connectivity index (χ1v) is 6.76. The zero-order valence-electron chi connectivity index (χ0n) is 8.97. The lowest BCUT2D eigenvalue weighted by molar-refractivity contribution is 0.596. The topological polar surface area (TPSA) is 76.9 Å². The summed E-state index contributed by atoms with van der Waals surface area (Å²) >= 11 is 0. The van der Waals surface area contributed by atoms with Gasteiger partial charge in [-0.1, -0.05) is 0 Å². The van der Waals surface area contributed by atoms with E-state index in [2.05, 4.69) is 15.4 Å². The van der Waals surface area contributed by atoms with Gasteiger partial charge in [-0.25, -0.2) is 13.4 Å². The van der Waals surface area contributed by atoms with Crippen molar-refractivity contribution in [3.8, 4) is 0 Å². The van der Waals surface area contributed by atoms with Crippen LogP contribution >= 0.6 is 0 Å².